The first-order valence-electron chi connectivity index (χ1n) is 6.25. The number of cyclic esters (lactones) is 1. The molecule has 0 radical (unpaired) electrons. The van der Waals surface area contributed by atoms with Gasteiger partial charge in [-0.15, -0.1) is 0 Å². The van der Waals surface area contributed by atoms with E-state index in [1.807, 2.05) is 37.3 Å². The first-order chi connectivity index (χ1) is 9.06. The van der Waals surface area contributed by atoms with Crippen LogP contribution in [-0.4, -0.2) is 29.9 Å². The number of allylic oxidation sites excluding steroid dienone is 1. The zero-order valence-electron chi connectivity index (χ0n) is 11.3. The second-order valence-electron chi connectivity index (χ2n) is 4.60. The quantitative estimate of drug-likeness (QED) is 0.440. The maximum Gasteiger partial charge on any atom is 0.344 e. The Morgan fingerprint density at radius 3 is 2.42 bits per heavy atom. The van der Waals surface area contributed by atoms with E-state index in [1.54, 1.807) is 18.9 Å². The average molecular weight is 259 g/mol. The minimum absolute atomic E-state index is 0.0905. The summed E-state index contributed by atoms with van der Waals surface area (Å²) in [6, 6.07) is 9.26. The lowest BCUT2D eigenvalue weighted by atomic mass is 10.0. The van der Waals surface area contributed by atoms with E-state index in [9.17, 15) is 9.59 Å². The predicted molar refractivity (Wildman–Crippen MR) is 71.3 cm³/mol. The van der Waals surface area contributed by atoms with Gasteiger partial charge in [0.1, 0.15) is 11.7 Å². The lowest BCUT2D eigenvalue weighted by Crippen LogP contribution is -2.37. The molecule has 0 unspecified atom stereocenters. The number of carbonyl (C=O) groups is 2. The van der Waals surface area contributed by atoms with Crippen LogP contribution in [0.15, 0.2) is 42.0 Å². The highest BCUT2D eigenvalue weighted by Crippen LogP contribution is 2.29. The summed E-state index contributed by atoms with van der Waals surface area (Å²) < 4.78 is 5.48. The van der Waals surface area contributed by atoms with Crippen molar-refractivity contribution in [2.45, 2.75) is 26.0 Å². The van der Waals surface area contributed by atoms with Crippen LogP contribution in [0.1, 0.15) is 25.5 Å². The lowest BCUT2D eigenvalue weighted by molar-refractivity contribution is -0.145. The number of amides is 1. The Bertz CT molecular complexity index is 521. The van der Waals surface area contributed by atoms with Crippen molar-refractivity contribution in [1.29, 1.82) is 0 Å². The second-order valence-corrected chi connectivity index (χ2v) is 4.60. The van der Waals surface area contributed by atoms with E-state index in [1.165, 1.54) is 6.08 Å². The summed E-state index contributed by atoms with van der Waals surface area (Å²) in [7, 11) is 1.69. The van der Waals surface area contributed by atoms with Crippen molar-refractivity contribution < 1.29 is 14.3 Å². The predicted octanol–water partition coefficient (Wildman–Crippen LogP) is 2.08. The summed E-state index contributed by atoms with van der Waals surface area (Å²) in [5.41, 5.74) is 0.980. The van der Waals surface area contributed by atoms with Gasteiger partial charge in [0.05, 0.1) is 6.04 Å². The van der Waals surface area contributed by atoms with Gasteiger partial charge in [-0.3, -0.25) is 4.79 Å². The summed E-state index contributed by atoms with van der Waals surface area (Å²) >= 11 is 0. The monoisotopic (exact) mass is 259 g/mol. The van der Waals surface area contributed by atoms with E-state index in [4.69, 9.17) is 4.74 Å². The third-order valence-electron chi connectivity index (χ3n) is 3.47. The molecule has 1 amide bonds. The van der Waals surface area contributed by atoms with Crippen molar-refractivity contribution in [2.75, 3.05) is 7.05 Å². The summed E-state index contributed by atoms with van der Waals surface area (Å²) in [5.74, 6) is -0.851. The van der Waals surface area contributed by atoms with Crippen molar-refractivity contribution in [2.24, 2.45) is 0 Å². The highest BCUT2D eigenvalue weighted by molar-refractivity contribution is 6.16. The van der Waals surface area contributed by atoms with Gasteiger partial charge in [-0.2, -0.15) is 0 Å². The summed E-state index contributed by atoms with van der Waals surface area (Å²) in [5, 5.41) is 0. The van der Waals surface area contributed by atoms with Gasteiger partial charge >= 0.3 is 5.97 Å². The van der Waals surface area contributed by atoms with E-state index in [0.717, 1.165) is 5.56 Å². The molecule has 0 aromatic heterocycles. The van der Waals surface area contributed by atoms with Crippen molar-refractivity contribution in [3.8, 4) is 0 Å². The second kappa shape index (κ2) is 5.26. The number of benzene rings is 1. The number of hydrogen-bond donors (Lipinski definition) is 0. The topological polar surface area (TPSA) is 46.6 Å². The molecule has 0 bridgehead atoms. The Morgan fingerprint density at radius 1 is 1.21 bits per heavy atom. The summed E-state index contributed by atoms with van der Waals surface area (Å²) in [4.78, 5) is 25.7. The molecule has 0 aliphatic carbocycles. The molecule has 0 saturated carbocycles. The van der Waals surface area contributed by atoms with Crippen LogP contribution in [0, 0.1) is 0 Å². The zero-order chi connectivity index (χ0) is 14.0. The Labute approximate surface area is 112 Å². The third-order valence-corrected chi connectivity index (χ3v) is 3.47. The number of ether oxygens (including phenoxy) is 1. The molecule has 0 spiro atoms. The number of nitrogens with zero attached hydrogens (tertiary/aromatic N) is 1. The van der Waals surface area contributed by atoms with Gasteiger partial charge in [0.2, 0.25) is 0 Å². The van der Waals surface area contributed by atoms with Crippen LogP contribution in [0.3, 0.4) is 0 Å². The number of likely N-dealkylation sites (N-methyl/N-ethyl adjacent to an activating group) is 1. The lowest BCUT2D eigenvalue weighted by Gasteiger charge is -2.28. The van der Waals surface area contributed by atoms with Crippen LogP contribution in [0.25, 0.3) is 0 Å². The standard InChI is InChI=1S/C15H17NO3/c1-4-12-14(17)16(3)10(2)13(19-15(12)18)11-8-6-5-7-9-11/h4-10,13H,1-3H3/b12-4+/t10-,13-/m0/s1. The van der Waals surface area contributed by atoms with Crippen molar-refractivity contribution in [3.63, 3.8) is 0 Å². The average Bonchev–Trinajstić information content (AvgIpc) is 2.51. The third kappa shape index (κ3) is 2.38. The smallest absolute Gasteiger partial charge is 0.344 e. The first-order valence-corrected chi connectivity index (χ1v) is 6.25. The van der Waals surface area contributed by atoms with Crippen LogP contribution in [0.2, 0.25) is 0 Å². The van der Waals surface area contributed by atoms with Gasteiger partial charge in [0.15, 0.2) is 0 Å². The maximum absolute atomic E-state index is 12.1. The Kier molecular flexibility index (Phi) is 3.69. The molecule has 1 aromatic carbocycles. The minimum atomic E-state index is -0.558. The van der Waals surface area contributed by atoms with Gasteiger partial charge in [-0.25, -0.2) is 4.79 Å². The number of esters is 1. The van der Waals surface area contributed by atoms with Crippen LogP contribution in [-0.2, 0) is 14.3 Å². The Hall–Kier alpha value is -2.10. The highest BCUT2D eigenvalue weighted by Gasteiger charge is 2.37. The first kappa shape index (κ1) is 13.3. The molecule has 100 valence electrons. The van der Waals surface area contributed by atoms with E-state index >= 15 is 0 Å². The summed E-state index contributed by atoms with van der Waals surface area (Å²) in [6.07, 6.45) is 1.06. The molecule has 1 aliphatic heterocycles. The molecule has 19 heavy (non-hydrogen) atoms. The van der Waals surface area contributed by atoms with E-state index in [0.29, 0.717) is 0 Å². The molecule has 4 heteroatoms. The molecule has 2 rings (SSSR count). The summed E-state index contributed by atoms with van der Waals surface area (Å²) in [6.45, 7) is 3.54. The number of hydrogen-bond acceptors (Lipinski definition) is 3. The molecule has 1 fully saturated rings. The fourth-order valence-electron chi connectivity index (χ4n) is 2.17. The van der Waals surface area contributed by atoms with Gasteiger partial charge < -0.3 is 9.64 Å². The van der Waals surface area contributed by atoms with Gasteiger partial charge in [-0.1, -0.05) is 36.4 Å². The van der Waals surface area contributed by atoms with Crippen molar-refractivity contribution >= 4 is 11.9 Å². The van der Waals surface area contributed by atoms with Crippen LogP contribution >= 0.6 is 0 Å². The van der Waals surface area contributed by atoms with Crippen LogP contribution < -0.4 is 0 Å². The Morgan fingerprint density at radius 2 is 1.84 bits per heavy atom. The van der Waals surface area contributed by atoms with Gasteiger partial charge in [0, 0.05) is 7.05 Å². The Balaban J connectivity index is 2.42. The van der Waals surface area contributed by atoms with Gasteiger partial charge in [-0.05, 0) is 19.4 Å². The molecule has 1 aromatic rings. The minimum Gasteiger partial charge on any atom is -0.452 e. The fourth-order valence-corrected chi connectivity index (χ4v) is 2.17. The van der Waals surface area contributed by atoms with E-state index in [-0.39, 0.29) is 17.5 Å². The largest absolute Gasteiger partial charge is 0.452 e. The molecule has 2 atom stereocenters. The molecule has 4 nitrogen and oxygen atoms in total. The van der Waals surface area contributed by atoms with E-state index in [2.05, 4.69) is 0 Å². The molecule has 0 N–H and O–H groups in total. The fraction of sp³-hybridized carbons (Fsp3) is 0.333. The molecule has 1 heterocycles. The van der Waals surface area contributed by atoms with Crippen LogP contribution in [0.5, 0.6) is 0 Å². The number of rotatable bonds is 1. The van der Waals surface area contributed by atoms with Crippen LogP contribution in [0.4, 0.5) is 0 Å². The SMILES string of the molecule is C/C=C1/C(=O)O[C@H](c2ccccc2)[C@H](C)N(C)C1=O. The number of carbonyl (C=O) groups excluding carboxylic acids is 2. The maximum atomic E-state index is 12.1. The van der Waals surface area contributed by atoms with E-state index < -0.39 is 12.1 Å². The normalized spacial score (nSPS) is 26.3. The molecule has 1 aliphatic rings. The van der Waals surface area contributed by atoms with Crippen molar-refractivity contribution in [3.05, 3.63) is 47.5 Å². The zero-order valence-corrected chi connectivity index (χ0v) is 11.3. The van der Waals surface area contributed by atoms with Gasteiger partial charge in [0.25, 0.3) is 5.91 Å². The van der Waals surface area contributed by atoms with Crippen molar-refractivity contribution in [1.82, 2.24) is 4.90 Å². The molecular weight excluding hydrogens is 242 g/mol. The molecule has 1 saturated heterocycles. The molecular formula is C15H17NO3. The highest BCUT2D eigenvalue weighted by atomic mass is 16.5.